The molecule has 0 fully saturated rings. The van der Waals surface area contributed by atoms with Gasteiger partial charge in [0.15, 0.2) is 5.01 Å². The largest absolute Gasteiger partial charge is 0.577 e. The van der Waals surface area contributed by atoms with Gasteiger partial charge in [0.1, 0.15) is 5.82 Å². The highest BCUT2D eigenvalue weighted by Gasteiger charge is 2.02. The van der Waals surface area contributed by atoms with Crippen molar-refractivity contribution in [1.29, 1.82) is 0 Å². The van der Waals surface area contributed by atoms with Gasteiger partial charge in [-0.25, -0.2) is 4.98 Å². The van der Waals surface area contributed by atoms with Crippen molar-refractivity contribution in [2.24, 2.45) is 5.73 Å². The van der Waals surface area contributed by atoms with E-state index in [4.69, 9.17) is 11.5 Å². The molecule has 1 aromatic heterocycles. The molecule has 0 aromatic carbocycles. The van der Waals surface area contributed by atoms with Crippen molar-refractivity contribution in [3.63, 3.8) is 0 Å². The third kappa shape index (κ3) is 3.86. The monoisotopic (exact) mass is 192 g/mol. The molecule has 8 heteroatoms. The van der Waals surface area contributed by atoms with Crippen molar-refractivity contribution in [2.45, 2.75) is 0 Å². The van der Waals surface area contributed by atoms with Crippen molar-refractivity contribution < 1.29 is 13.4 Å². The number of nitrogens with zero attached hydrogens (tertiary/aromatic N) is 1. The predicted molar refractivity (Wildman–Crippen MR) is 43.0 cm³/mol. The maximum Gasteiger partial charge on any atom is 0.577 e. The number of amides is 1. The van der Waals surface area contributed by atoms with E-state index >= 15 is 0 Å². The van der Waals surface area contributed by atoms with Crippen molar-refractivity contribution >= 4 is 30.9 Å². The van der Waals surface area contributed by atoms with E-state index in [0.717, 1.165) is 11.3 Å². The quantitative estimate of drug-likeness (QED) is 0.627. The molecule has 0 saturated heterocycles. The number of primary amides is 1. The van der Waals surface area contributed by atoms with Crippen molar-refractivity contribution in [2.75, 3.05) is 5.73 Å². The molecule has 65 valence electrons. The first-order valence-electron chi connectivity index (χ1n) is 2.64. The third-order valence-corrected chi connectivity index (χ3v) is 1.61. The number of halogens is 2. The Kier molecular flexibility index (Phi) is 4.94. The van der Waals surface area contributed by atoms with Crippen LogP contribution in [0.2, 0.25) is 0 Å². The standard InChI is InChI=1S/C4H5N3OS.BF2/c5-2-1-9-4(7-2)3(6)8;2-1-3/h1H,5H2,(H2,6,8);. The van der Waals surface area contributed by atoms with Gasteiger partial charge in [-0.1, -0.05) is 0 Å². The molecule has 1 amide bonds. The summed E-state index contributed by atoms with van der Waals surface area (Å²) in [7, 11) is -1.00. The van der Waals surface area contributed by atoms with E-state index in [9.17, 15) is 13.4 Å². The van der Waals surface area contributed by atoms with Gasteiger partial charge in [0, 0.05) is 5.38 Å². The first-order chi connectivity index (χ1) is 5.61. The molecule has 1 rings (SSSR count). The minimum absolute atomic E-state index is 0.257. The molecular weight excluding hydrogens is 187 g/mol. The molecule has 1 heterocycles. The topological polar surface area (TPSA) is 82.0 Å². The Labute approximate surface area is 71.9 Å². The summed E-state index contributed by atoms with van der Waals surface area (Å²) < 4.78 is 19.0. The van der Waals surface area contributed by atoms with E-state index < -0.39 is 13.7 Å². The van der Waals surface area contributed by atoms with Crippen LogP contribution in [-0.4, -0.2) is 18.7 Å². The summed E-state index contributed by atoms with van der Waals surface area (Å²) in [6.07, 6.45) is 0. The molecule has 4 nitrogen and oxygen atoms in total. The fourth-order valence-corrected chi connectivity index (χ4v) is 0.959. The predicted octanol–water partition coefficient (Wildman–Crippen LogP) is 0.284. The van der Waals surface area contributed by atoms with Crippen LogP contribution in [0.1, 0.15) is 9.80 Å². The van der Waals surface area contributed by atoms with E-state index in [1.54, 1.807) is 5.38 Å². The van der Waals surface area contributed by atoms with Gasteiger partial charge in [0.25, 0.3) is 5.91 Å². The van der Waals surface area contributed by atoms with Gasteiger partial charge in [-0.15, -0.1) is 11.3 Å². The first kappa shape index (κ1) is 10.8. The highest BCUT2D eigenvalue weighted by atomic mass is 32.1. The summed E-state index contributed by atoms with van der Waals surface area (Å²) in [5.74, 6) is -0.189. The molecule has 0 atom stereocenters. The second-order valence-electron chi connectivity index (χ2n) is 1.52. The number of anilines is 1. The summed E-state index contributed by atoms with van der Waals surface area (Å²) in [5.41, 5.74) is 10.1. The van der Waals surface area contributed by atoms with E-state index in [1.807, 2.05) is 0 Å². The van der Waals surface area contributed by atoms with Crippen molar-refractivity contribution in [3.05, 3.63) is 10.4 Å². The zero-order valence-corrected chi connectivity index (χ0v) is 6.65. The van der Waals surface area contributed by atoms with E-state index in [2.05, 4.69) is 4.98 Å². The minimum Gasteiger partial charge on any atom is -0.383 e. The second kappa shape index (κ2) is 5.47. The number of carbonyl (C=O) groups excluding carboxylic acids is 1. The molecule has 0 bridgehead atoms. The van der Waals surface area contributed by atoms with Crippen LogP contribution in [0.5, 0.6) is 0 Å². The van der Waals surface area contributed by atoms with Gasteiger partial charge in [-0.05, 0) is 0 Å². The maximum absolute atomic E-state index is 10.3. The van der Waals surface area contributed by atoms with Crippen LogP contribution in [0.25, 0.3) is 0 Å². The Morgan fingerprint density at radius 3 is 2.33 bits per heavy atom. The molecule has 0 unspecified atom stereocenters. The highest BCUT2D eigenvalue weighted by molar-refractivity contribution is 7.12. The average molecular weight is 192 g/mol. The lowest BCUT2D eigenvalue weighted by Gasteiger charge is -1.80. The zero-order valence-electron chi connectivity index (χ0n) is 5.83. The Morgan fingerprint density at radius 1 is 1.67 bits per heavy atom. The lowest BCUT2D eigenvalue weighted by Crippen LogP contribution is -2.10. The molecule has 1 radical (unpaired) electrons. The van der Waals surface area contributed by atoms with Gasteiger partial charge < -0.3 is 11.5 Å². The molecule has 0 aliphatic heterocycles. The number of aromatic nitrogens is 1. The fraction of sp³-hybridized carbons (Fsp3) is 0. The molecule has 0 saturated carbocycles. The Morgan fingerprint density at radius 2 is 2.17 bits per heavy atom. The van der Waals surface area contributed by atoms with Crippen LogP contribution in [0.4, 0.5) is 14.4 Å². The first-order valence-corrected chi connectivity index (χ1v) is 3.52. The van der Waals surface area contributed by atoms with E-state index in [1.165, 1.54) is 0 Å². The molecule has 0 aliphatic carbocycles. The number of nitrogen functional groups attached to an aromatic ring is 1. The van der Waals surface area contributed by atoms with Crippen LogP contribution in [0.15, 0.2) is 5.38 Å². The summed E-state index contributed by atoms with van der Waals surface area (Å²) in [6, 6.07) is 0. The number of thiazole rings is 1. The molecule has 12 heavy (non-hydrogen) atoms. The van der Waals surface area contributed by atoms with Crippen molar-refractivity contribution in [1.82, 2.24) is 4.98 Å². The molecule has 0 aliphatic rings. The van der Waals surface area contributed by atoms with Gasteiger partial charge in [-0.2, -0.15) is 0 Å². The Hall–Kier alpha value is -1.18. The smallest absolute Gasteiger partial charge is 0.383 e. The highest BCUT2D eigenvalue weighted by Crippen LogP contribution is 2.08. The Balaban J connectivity index is 0.000000354. The van der Waals surface area contributed by atoms with E-state index in [0.29, 0.717) is 5.82 Å². The second-order valence-corrected chi connectivity index (χ2v) is 2.38. The summed E-state index contributed by atoms with van der Waals surface area (Å²) in [6.45, 7) is 0. The lowest BCUT2D eigenvalue weighted by atomic mass is 10.6. The van der Waals surface area contributed by atoms with Crippen LogP contribution in [0, 0.1) is 0 Å². The van der Waals surface area contributed by atoms with Gasteiger partial charge in [0.05, 0.1) is 0 Å². The zero-order chi connectivity index (χ0) is 9.56. The van der Waals surface area contributed by atoms with Gasteiger partial charge >= 0.3 is 7.83 Å². The van der Waals surface area contributed by atoms with Crippen molar-refractivity contribution in [3.8, 4) is 0 Å². The number of nitrogens with two attached hydrogens (primary N) is 2. The number of hydrogen-bond donors (Lipinski definition) is 2. The maximum atomic E-state index is 10.3. The SMILES string of the molecule is F[B]F.NC(=O)c1nc(N)cs1. The molecule has 4 N–H and O–H groups in total. The summed E-state index contributed by atoms with van der Waals surface area (Å²) in [5, 5.41) is 1.83. The molecule has 1 aromatic rings. The van der Waals surface area contributed by atoms with Crippen LogP contribution < -0.4 is 11.5 Å². The normalized spacial score (nSPS) is 8.17. The van der Waals surface area contributed by atoms with E-state index in [-0.39, 0.29) is 5.01 Å². The Bertz CT molecular complexity index is 256. The number of carbonyl (C=O) groups is 1. The lowest BCUT2D eigenvalue weighted by molar-refractivity contribution is 0.1000. The van der Waals surface area contributed by atoms with Crippen LogP contribution in [-0.2, 0) is 0 Å². The summed E-state index contributed by atoms with van der Waals surface area (Å²) >= 11 is 1.15. The minimum atomic E-state index is -1.00. The van der Waals surface area contributed by atoms with Crippen LogP contribution in [0.3, 0.4) is 0 Å². The average Bonchev–Trinajstić information content (AvgIpc) is 2.37. The van der Waals surface area contributed by atoms with Crippen LogP contribution >= 0.6 is 11.3 Å². The fourth-order valence-electron chi connectivity index (χ4n) is 0.399. The number of rotatable bonds is 1. The van der Waals surface area contributed by atoms with Gasteiger partial charge in [0.2, 0.25) is 0 Å². The molecular formula is C4H5BF2N3OS. The molecule has 0 spiro atoms. The number of hydrogen-bond acceptors (Lipinski definition) is 4. The van der Waals surface area contributed by atoms with Gasteiger partial charge in [-0.3, -0.25) is 13.4 Å². The summed E-state index contributed by atoms with van der Waals surface area (Å²) in [4.78, 5) is 14.0. The third-order valence-electron chi connectivity index (χ3n) is 0.733.